The van der Waals surface area contributed by atoms with E-state index in [9.17, 15) is 9.18 Å². The van der Waals surface area contributed by atoms with Crippen LogP contribution in [0.15, 0.2) is 53.1 Å². The molecule has 0 aliphatic carbocycles. The van der Waals surface area contributed by atoms with E-state index in [1.165, 1.54) is 12.1 Å². The number of aromatic amines is 1. The van der Waals surface area contributed by atoms with E-state index in [1.54, 1.807) is 37.4 Å². The normalized spacial score (nSPS) is 11.1. The minimum Gasteiger partial charge on any atom is -0.487 e. The Kier molecular flexibility index (Phi) is 4.57. The molecular formula is C21H17FN2O4. The Morgan fingerprint density at radius 3 is 2.79 bits per heavy atom. The molecule has 0 amide bonds. The number of carboxylic acid groups (broad SMARTS) is 1. The Bertz CT molecular complexity index is 1150. The Morgan fingerprint density at radius 1 is 1.25 bits per heavy atom. The summed E-state index contributed by atoms with van der Waals surface area (Å²) in [4.78, 5) is 18.5. The van der Waals surface area contributed by atoms with E-state index in [-0.39, 0.29) is 18.8 Å². The molecule has 0 spiro atoms. The van der Waals surface area contributed by atoms with Gasteiger partial charge in [-0.25, -0.2) is 9.37 Å². The largest absolute Gasteiger partial charge is 0.487 e. The van der Waals surface area contributed by atoms with Crippen molar-refractivity contribution in [1.82, 2.24) is 9.97 Å². The predicted molar refractivity (Wildman–Crippen MR) is 101 cm³/mol. The van der Waals surface area contributed by atoms with Crippen molar-refractivity contribution in [3.8, 4) is 17.2 Å². The molecule has 4 aromatic rings. The maximum absolute atomic E-state index is 13.1. The molecule has 0 unspecified atom stereocenters. The Labute approximate surface area is 159 Å². The lowest BCUT2D eigenvalue weighted by molar-refractivity contribution is -0.136. The average Bonchev–Trinajstić information content (AvgIpc) is 3.23. The van der Waals surface area contributed by atoms with Gasteiger partial charge in [0.1, 0.15) is 29.6 Å². The molecule has 6 nitrogen and oxygen atoms in total. The van der Waals surface area contributed by atoms with Gasteiger partial charge in [0.05, 0.1) is 6.42 Å². The molecule has 2 aromatic carbocycles. The minimum atomic E-state index is -0.890. The summed E-state index contributed by atoms with van der Waals surface area (Å²) in [5, 5.41) is 9.83. The van der Waals surface area contributed by atoms with E-state index in [2.05, 4.69) is 9.97 Å². The maximum atomic E-state index is 13.1. The second-order valence-corrected chi connectivity index (χ2v) is 6.41. The fourth-order valence-electron chi connectivity index (χ4n) is 2.99. The average molecular weight is 380 g/mol. The van der Waals surface area contributed by atoms with Gasteiger partial charge < -0.3 is 19.2 Å². The third kappa shape index (κ3) is 3.59. The number of hydrogen-bond donors (Lipinski definition) is 2. The molecule has 2 aromatic heterocycles. The van der Waals surface area contributed by atoms with Gasteiger partial charge in [0, 0.05) is 22.7 Å². The molecule has 2 N–H and O–H groups in total. The van der Waals surface area contributed by atoms with E-state index in [1.807, 2.05) is 6.07 Å². The molecule has 142 valence electrons. The summed E-state index contributed by atoms with van der Waals surface area (Å²) in [5.74, 6) is 0.413. The molecule has 7 heteroatoms. The fraction of sp³-hybridized carbons (Fsp3) is 0.143. The SMILES string of the molecule is Cc1oc(-c2ccc(F)cc2)nc1COc1ccc2[nH]cc(CC(=O)O)c2c1. The zero-order valence-corrected chi connectivity index (χ0v) is 15.0. The Morgan fingerprint density at radius 2 is 2.04 bits per heavy atom. The number of aryl methyl sites for hydroxylation is 1. The van der Waals surface area contributed by atoms with E-state index in [0.29, 0.717) is 34.2 Å². The monoisotopic (exact) mass is 380 g/mol. The molecule has 0 aliphatic heterocycles. The molecule has 0 saturated heterocycles. The molecule has 2 heterocycles. The first-order chi connectivity index (χ1) is 13.5. The quantitative estimate of drug-likeness (QED) is 0.515. The van der Waals surface area contributed by atoms with E-state index >= 15 is 0 Å². The lowest BCUT2D eigenvalue weighted by Gasteiger charge is -2.05. The second kappa shape index (κ2) is 7.19. The number of oxazole rings is 1. The van der Waals surface area contributed by atoms with Crippen LogP contribution in [0.5, 0.6) is 5.75 Å². The summed E-state index contributed by atoms with van der Waals surface area (Å²) >= 11 is 0. The minimum absolute atomic E-state index is 0.0626. The number of aliphatic carboxylic acids is 1. The number of rotatable bonds is 6. The number of nitrogens with one attached hydrogen (secondary N) is 1. The van der Waals surface area contributed by atoms with Crippen LogP contribution in [-0.4, -0.2) is 21.0 Å². The number of nitrogens with zero attached hydrogens (tertiary/aromatic N) is 1. The van der Waals surface area contributed by atoms with Crippen molar-refractivity contribution in [2.24, 2.45) is 0 Å². The lowest BCUT2D eigenvalue weighted by atomic mass is 10.1. The van der Waals surface area contributed by atoms with Gasteiger partial charge in [0.2, 0.25) is 5.89 Å². The highest BCUT2D eigenvalue weighted by molar-refractivity contribution is 5.88. The molecule has 0 fully saturated rings. The molecule has 0 atom stereocenters. The van der Waals surface area contributed by atoms with Gasteiger partial charge in [0.25, 0.3) is 0 Å². The van der Waals surface area contributed by atoms with E-state index in [0.717, 1.165) is 10.9 Å². The van der Waals surface area contributed by atoms with Gasteiger partial charge in [-0.2, -0.15) is 0 Å². The number of carboxylic acids is 1. The Balaban J connectivity index is 1.53. The van der Waals surface area contributed by atoms with Gasteiger partial charge in [-0.1, -0.05) is 0 Å². The van der Waals surface area contributed by atoms with Crippen LogP contribution in [0.25, 0.3) is 22.4 Å². The van der Waals surface area contributed by atoms with Crippen molar-refractivity contribution in [3.05, 3.63) is 71.5 Å². The standard InChI is InChI=1S/C21H17FN2O4/c1-12-19(24-21(28-12)13-2-4-15(22)5-3-13)11-27-16-6-7-18-17(9-16)14(10-23-18)8-20(25)26/h2-7,9-10,23H,8,11H2,1H3,(H,25,26). The van der Waals surface area contributed by atoms with Gasteiger partial charge in [-0.15, -0.1) is 0 Å². The number of benzene rings is 2. The van der Waals surface area contributed by atoms with E-state index < -0.39 is 5.97 Å². The second-order valence-electron chi connectivity index (χ2n) is 6.41. The summed E-state index contributed by atoms with van der Waals surface area (Å²) in [5.41, 5.74) is 2.87. The highest BCUT2D eigenvalue weighted by Gasteiger charge is 2.13. The van der Waals surface area contributed by atoms with Crippen molar-refractivity contribution in [2.75, 3.05) is 0 Å². The molecule has 0 aliphatic rings. The molecule has 0 bridgehead atoms. The van der Waals surface area contributed by atoms with Crippen LogP contribution >= 0.6 is 0 Å². The molecule has 4 rings (SSSR count). The van der Waals surface area contributed by atoms with Crippen molar-refractivity contribution in [2.45, 2.75) is 20.0 Å². The van der Waals surface area contributed by atoms with Crippen LogP contribution in [0.4, 0.5) is 4.39 Å². The van der Waals surface area contributed by atoms with Crippen LogP contribution in [0, 0.1) is 12.7 Å². The van der Waals surface area contributed by atoms with Crippen molar-refractivity contribution in [1.29, 1.82) is 0 Å². The first-order valence-electron chi connectivity index (χ1n) is 8.66. The third-order valence-corrected chi connectivity index (χ3v) is 4.44. The number of fused-ring (bicyclic) bond motifs is 1. The van der Waals surface area contributed by atoms with Gasteiger partial charge in [-0.05, 0) is 55.0 Å². The third-order valence-electron chi connectivity index (χ3n) is 4.44. The molecular weight excluding hydrogens is 363 g/mol. The summed E-state index contributed by atoms with van der Waals surface area (Å²) in [6, 6.07) is 11.4. The van der Waals surface area contributed by atoms with Crippen LogP contribution in [-0.2, 0) is 17.8 Å². The van der Waals surface area contributed by atoms with Crippen LogP contribution in [0.3, 0.4) is 0 Å². The zero-order valence-electron chi connectivity index (χ0n) is 15.0. The summed E-state index contributed by atoms with van der Waals surface area (Å²) in [6.07, 6.45) is 1.63. The van der Waals surface area contributed by atoms with Crippen LogP contribution in [0.1, 0.15) is 17.0 Å². The number of H-pyrrole nitrogens is 1. The maximum Gasteiger partial charge on any atom is 0.307 e. The van der Waals surface area contributed by atoms with E-state index in [4.69, 9.17) is 14.3 Å². The smallest absolute Gasteiger partial charge is 0.307 e. The molecule has 0 radical (unpaired) electrons. The van der Waals surface area contributed by atoms with Crippen molar-refractivity contribution >= 4 is 16.9 Å². The first kappa shape index (κ1) is 17.8. The highest BCUT2D eigenvalue weighted by atomic mass is 19.1. The summed E-state index contributed by atoms with van der Waals surface area (Å²) < 4.78 is 24.6. The number of carbonyl (C=O) groups is 1. The summed E-state index contributed by atoms with van der Waals surface area (Å²) in [6.45, 7) is 1.99. The number of hydrogen-bond acceptors (Lipinski definition) is 4. The predicted octanol–water partition coefficient (Wildman–Crippen LogP) is 4.48. The Hall–Kier alpha value is -3.61. The fourth-order valence-corrected chi connectivity index (χ4v) is 2.99. The lowest BCUT2D eigenvalue weighted by Crippen LogP contribution is -1.99. The topological polar surface area (TPSA) is 88.4 Å². The van der Waals surface area contributed by atoms with Crippen molar-refractivity contribution in [3.63, 3.8) is 0 Å². The van der Waals surface area contributed by atoms with Crippen LogP contribution in [0.2, 0.25) is 0 Å². The van der Waals surface area contributed by atoms with Gasteiger partial charge >= 0.3 is 5.97 Å². The number of halogens is 1. The van der Waals surface area contributed by atoms with Crippen LogP contribution < -0.4 is 4.74 Å². The number of aromatic nitrogens is 2. The zero-order chi connectivity index (χ0) is 19.7. The highest BCUT2D eigenvalue weighted by Crippen LogP contribution is 2.26. The number of ether oxygens (including phenoxy) is 1. The van der Waals surface area contributed by atoms with Crippen molar-refractivity contribution < 1.29 is 23.4 Å². The molecule has 0 saturated carbocycles. The molecule has 28 heavy (non-hydrogen) atoms. The first-order valence-corrected chi connectivity index (χ1v) is 8.66. The van der Waals surface area contributed by atoms with Gasteiger partial charge in [-0.3, -0.25) is 4.79 Å². The summed E-state index contributed by atoms with van der Waals surface area (Å²) in [7, 11) is 0. The van der Waals surface area contributed by atoms with Gasteiger partial charge in [0.15, 0.2) is 0 Å².